The van der Waals surface area contributed by atoms with Gasteiger partial charge in [-0.05, 0) is 37.1 Å². The lowest BCUT2D eigenvalue weighted by molar-refractivity contribution is -0.141. The Balaban J connectivity index is 1.90. The maximum absolute atomic E-state index is 11.9. The Morgan fingerprint density at radius 3 is 2.62 bits per heavy atom. The highest BCUT2D eigenvalue weighted by Crippen LogP contribution is 2.12. The molecule has 0 radical (unpaired) electrons. The molecule has 0 aliphatic carbocycles. The molecule has 1 fully saturated rings. The van der Waals surface area contributed by atoms with Crippen LogP contribution in [-0.4, -0.2) is 40.7 Å². The number of benzene rings is 1. The summed E-state index contributed by atoms with van der Waals surface area (Å²) in [5, 5.41) is 24.2. The van der Waals surface area contributed by atoms with Crippen LogP contribution in [0.3, 0.4) is 0 Å². The van der Waals surface area contributed by atoms with E-state index in [2.05, 4.69) is 10.6 Å². The van der Waals surface area contributed by atoms with Gasteiger partial charge < -0.3 is 20.8 Å². The average Bonchev–Trinajstić information content (AvgIpc) is 2.93. The molecule has 1 unspecified atom stereocenters. The lowest BCUT2D eigenvalue weighted by Crippen LogP contribution is -2.44. The van der Waals surface area contributed by atoms with Crippen LogP contribution < -0.4 is 10.6 Å². The van der Waals surface area contributed by atoms with E-state index in [-0.39, 0.29) is 24.1 Å². The second kappa shape index (κ2) is 7.08. The fourth-order valence-electron chi connectivity index (χ4n) is 2.48. The third-order valence-corrected chi connectivity index (χ3v) is 3.60. The molecule has 2 rings (SSSR count). The van der Waals surface area contributed by atoms with E-state index < -0.39 is 12.0 Å². The topological polar surface area (TPSA) is 98.7 Å². The standard InChI is InChI=1S/C15H20N2O4/c18-12-5-3-10(4-6-12)8-13(15(20)21)17-14(19)9-11-2-1-7-16-11/h3-6,11,13,16,18H,1-2,7-9H2,(H,17,19)(H,20,21)/t11?,13-/m0/s1. The van der Waals surface area contributed by atoms with Crippen molar-refractivity contribution in [2.75, 3.05) is 6.54 Å². The lowest BCUT2D eigenvalue weighted by atomic mass is 10.0. The van der Waals surface area contributed by atoms with Crippen LogP contribution in [0.5, 0.6) is 5.75 Å². The number of phenols is 1. The summed E-state index contributed by atoms with van der Waals surface area (Å²) in [6.07, 6.45) is 2.50. The molecule has 1 amide bonds. The number of carbonyl (C=O) groups excluding carboxylic acids is 1. The summed E-state index contributed by atoms with van der Waals surface area (Å²) in [5.41, 5.74) is 0.750. The molecule has 0 saturated carbocycles. The number of carbonyl (C=O) groups is 2. The molecule has 21 heavy (non-hydrogen) atoms. The quantitative estimate of drug-likeness (QED) is 0.617. The number of aromatic hydroxyl groups is 1. The summed E-state index contributed by atoms with van der Waals surface area (Å²) in [6, 6.07) is 5.49. The minimum absolute atomic E-state index is 0.127. The molecule has 1 aliphatic heterocycles. The zero-order chi connectivity index (χ0) is 15.2. The largest absolute Gasteiger partial charge is 0.508 e. The van der Waals surface area contributed by atoms with E-state index in [9.17, 15) is 19.8 Å². The number of hydrogen-bond acceptors (Lipinski definition) is 4. The summed E-state index contributed by atoms with van der Waals surface area (Å²) < 4.78 is 0. The molecule has 6 heteroatoms. The van der Waals surface area contributed by atoms with Crippen molar-refractivity contribution in [2.24, 2.45) is 0 Å². The number of carboxylic acids is 1. The van der Waals surface area contributed by atoms with E-state index in [0.29, 0.717) is 6.42 Å². The van der Waals surface area contributed by atoms with Crippen LogP contribution in [0, 0.1) is 0 Å². The van der Waals surface area contributed by atoms with Gasteiger partial charge in [-0.1, -0.05) is 12.1 Å². The molecule has 1 aromatic carbocycles. The predicted octanol–water partition coefficient (Wildman–Crippen LogP) is 0.646. The molecule has 0 spiro atoms. The Labute approximate surface area is 123 Å². The number of rotatable bonds is 6. The zero-order valence-corrected chi connectivity index (χ0v) is 11.7. The lowest BCUT2D eigenvalue weighted by Gasteiger charge is -2.16. The maximum atomic E-state index is 11.9. The first-order valence-corrected chi connectivity index (χ1v) is 7.08. The van der Waals surface area contributed by atoms with Gasteiger partial charge in [0.05, 0.1) is 0 Å². The molecule has 2 atom stereocenters. The van der Waals surface area contributed by atoms with Crippen LogP contribution in [-0.2, 0) is 16.0 Å². The molecule has 1 aliphatic rings. The van der Waals surface area contributed by atoms with Crippen molar-refractivity contribution < 1.29 is 19.8 Å². The number of aliphatic carboxylic acids is 1. The van der Waals surface area contributed by atoms with Crippen molar-refractivity contribution in [3.8, 4) is 5.75 Å². The van der Waals surface area contributed by atoms with Crippen molar-refractivity contribution in [2.45, 2.75) is 37.8 Å². The minimum atomic E-state index is -1.06. The van der Waals surface area contributed by atoms with Crippen molar-refractivity contribution in [3.05, 3.63) is 29.8 Å². The normalized spacial score (nSPS) is 19.1. The molecule has 114 valence electrons. The average molecular weight is 292 g/mol. The Hall–Kier alpha value is -2.08. The van der Waals surface area contributed by atoms with Crippen molar-refractivity contribution in [3.63, 3.8) is 0 Å². The highest BCUT2D eigenvalue weighted by Gasteiger charge is 2.23. The van der Waals surface area contributed by atoms with Gasteiger partial charge in [-0.15, -0.1) is 0 Å². The summed E-state index contributed by atoms with van der Waals surface area (Å²) in [4.78, 5) is 23.2. The van der Waals surface area contributed by atoms with Crippen LogP contribution in [0.15, 0.2) is 24.3 Å². The Morgan fingerprint density at radius 2 is 2.05 bits per heavy atom. The van der Waals surface area contributed by atoms with Crippen molar-refractivity contribution in [1.29, 1.82) is 0 Å². The Bertz CT molecular complexity index is 495. The summed E-state index contributed by atoms with van der Waals surface area (Å²) >= 11 is 0. The maximum Gasteiger partial charge on any atom is 0.326 e. The van der Waals surface area contributed by atoms with Gasteiger partial charge >= 0.3 is 5.97 Å². The monoisotopic (exact) mass is 292 g/mol. The van der Waals surface area contributed by atoms with E-state index in [1.54, 1.807) is 12.1 Å². The molecular formula is C15H20N2O4. The zero-order valence-electron chi connectivity index (χ0n) is 11.7. The van der Waals surface area contributed by atoms with Gasteiger partial charge in [-0.3, -0.25) is 4.79 Å². The van der Waals surface area contributed by atoms with Gasteiger partial charge in [0.2, 0.25) is 5.91 Å². The highest BCUT2D eigenvalue weighted by molar-refractivity contribution is 5.84. The highest BCUT2D eigenvalue weighted by atomic mass is 16.4. The number of hydrogen-bond donors (Lipinski definition) is 4. The second-order valence-corrected chi connectivity index (χ2v) is 5.33. The molecule has 1 heterocycles. The van der Waals surface area contributed by atoms with E-state index in [4.69, 9.17) is 0 Å². The molecular weight excluding hydrogens is 272 g/mol. The summed E-state index contributed by atoms with van der Waals surface area (Å²) in [6.45, 7) is 0.911. The van der Waals surface area contributed by atoms with Gasteiger partial charge in [-0.2, -0.15) is 0 Å². The molecule has 6 nitrogen and oxygen atoms in total. The number of amides is 1. The van der Waals surface area contributed by atoms with E-state index in [1.165, 1.54) is 12.1 Å². The third-order valence-electron chi connectivity index (χ3n) is 3.60. The molecule has 0 bridgehead atoms. The van der Waals surface area contributed by atoms with E-state index in [1.807, 2.05) is 0 Å². The van der Waals surface area contributed by atoms with Crippen molar-refractivity contribution in [1.82, 2.24) is 10.6 Å². The van der Waals surface area contributed by atoms with Gasteiger partial charge in [0.15, 0.2) is 0 Å². The summed E-state index contributed by atoms with van der Waals surface area (Å²) in [7, 11) is 0. The van der Waals surface area contributed by atoms with Gasteiger partial charge in [0, 0.05) is 18.9 Å². The fraction of sp³-hybridized carbons (Fsp3) is 0.467. The summed E-state index contributed by atoms with van der Waals surface area (Å²) in [5.74, 6) is -1.18. The first kappa shape index (κ1) is 15.3. The van der Waals surface area contributed by atoms with Crippen molar-refractivity contribution >= 4 is 11.9 Å². The fourth-order valence-corrected chi connectivity index (χ4v) is 2.48. The molecule has 4 N–H and O–H groups in total. The molecule has 1 aromatic rings. The minimum Gasteiger partial charge on any atom is -0.508 e. The number of nitrogens with one attached hydrogen (secondary N) is 2. The van der Waals surface area contributed by atoms with E-state index >= 15 is 0 Å². The van der Waals surface area contributed by atoms with Gasteiger partial charge in [0.1, 0.15) is 11.8 Å². The van der Waals surface area contributed by atoms with E-state index in [0.717, 1.165) is 24.9 Å². The Kier molecular flexibility index (Phi) is 5.16. The van der Waals surface area contributed by atoms with Crippen LogP contribution >= 0.6 is 0 Å². The number of carboxylic acid groups (broad SMARTS) is 1. The van der Waals surface area contributed by atoms with Gasteiger partial charge in [0.25, 0.3) is 0 Å². The molecule has 0 aromatic heterocycles. The first-order valence-electron chi connectivity index (χ1n) is 7.08. The first-order chi connectivity index (χ1) is 10.0. The smallest absolute Gasteiger partial charge is 0.326 e. The third kappa shape index (κ3) is 4.75. The predicted molar refractivity (Wildman–Crippen MR) is 77.0 cm³/mol. The van der Waals surface area contributed by atoms with Crippen LogP contribution in [0.4, 0.5) is 0 Å². The van der Waals surface area contributed by atoms with Crippen LogP contribution in [0.2, 0.25) is 0 Å². The van der Waals surface area contributed by atoms with Crippen LogP contribution in [0.25, 0.3) is 0 Å². The second-order valence-electron chi connectivity index (χ2n) is 5.33. The Morgan fingerprint density at radius 1 is 1.33 bits per heavy atom. The van der Waals surface area contributed by atoms with Gasteiger partial charge in [-0.25, -0.2) is 4.79 Å². The van der Waals surface area contributed by atoms with Crippen LogP contribution in [0.1, 0.15) is 24.8 Å². The number of phenolic OH excluding ortho intramolecular Hbond substituents is 1. The SMILES string of the molecule is O=C(CC1CCCN1)N[C@@H](Cc1ccc(O)cc1)C(=O)O. The molecule has 1 saturated heterocycles.